The second-order valence-electron chi connectivity index (χ2n) is 3.73. The SMILES string of the molecule is C=CCC(N)C(=O)NCCCCOCCOC. The van der Waals surface area contributed by atoms with Gasteiger partial charge in [-0.2, -0.15) is 0 Å². The summed E-state index contributed by atoms with van der Waals surface area (Å²) < 4.78 is 10.1. The highest BCUT2D eigenvalue weighted by molar-refractivity contribution is 5.81. The van der Waals surface area contributed by atoms with E-state index in [0.717, 1.165) is 12.8 Å². The van der Waals surface area contributed by atoms with Gasteiger partial charge in [0.25, 0.3) is 0 Å². The van der Waals surface area contributed by atoms with Crippen molar-refractivity contribution in [3.8, 4) is 0 Å². The highest BCUT2D eigenvalue weighted by Crippen LogP contribution is 1.91. The smallest absolute Gasteiger partial charge is 0.237 e. The van der Waals surface area contributed by atoms with Gasteiger partial charge in [0.1, 0.15) is 0 Å². The number of carbonyl (C=O) groups is 1. The van der Waals surface area contributed by atoms with E-state index in [4.69, 9.17) is 15.2 Å². The van der Waals surface area contributed by atoms with E-state index >= 15 is 0 Å². The highest BCUT2D eigenvalue weighted by atomic mass is 16.5. The van der Waals surface area contributed by atoms with Crippen LogP contribution in [0, 0.1) is 0 Å². The Morgan fingerprint density at radius 3 is 2.82 bits per heavy atom. The number of nitrogens with one attached hydrogen (secondary N) is 1. The first-order chi connectivity index (χ1) is 8.22. The first-order valence-corrected chi connectivity index (χ1v) is 5.93. The van der Waals surface area contributed by atoms with Crippen molar-refractivity contribution >= 4 is 5.91 Å². The molecule has 1 atom stereocenters. The van der Waals surface area contributed by atoms with Gasteiger partial charge >= 0.3 is 0 Å². The summed E-state index contributed by atoms with van der Waals surface area (Å²) in [5.41, 5.74) is 5.60. The topological polar surface area (TPSA) is 73.6 Å². The molecule has 0 fully saturated rings. The van der Waals surface area contributed by atoms with Gasteiger partial charge in [0, 0.05) is 20.3 Å². The minimum atomic E-state index is -0.481. The van der Waals surface area contributed by atoms with Gasteiger partial charge in [0.05, 0.1) is 19.3 Å². The van der Waals surface area contributed by atoms with Crippen LogP contribution in [0.5, 0.6) is 0 Å². The molecule has 0 bridgehead atoms. The van der Waals surface area contributed by atoms with E-state index in [-0.39, 0.29) is 5.91 Å². The van der Waals surface area contributed by atoms with Gasteiger partial charge in [-0.1, -0.05) is 6.08 Å². The average Bonchev–Trinajstić information content (AvgIpc) is 2.32. The van der Waals surface area contributed by atoms with E-state index in [9.17, 15) is 4.79 Å². The molecule has 0 spiro atoms. The molecule has 100 valence electrons. The monoisotopic (exact) mass is 244 g/mol. The molecule has 5 heteroatoms. The maximum absolute atomic E-state index is 11.4. The van der Waals surface area contributed by atoms with Crippen LogP contribution in [0.25, 0.3) is 0 Å². The van der Waals surface area contributed by atoms with Crippen molar-refractivity contribution in [1.29, 1.82) is 0 Å². The molecule has 0 aliphatic carbocycles. The van der Waals surface area contributed by atoms with Gasteiger partial charge in [-0.05, 0) is 19.3 Å². The summed E-state index contributed by atoms with van der Waals surface area (Å²) in [7, 11) is 1.64. The molecule has 5 nitrogen and oxygen atoms in total. The largest absolute Gasteiger partial charge is 0.382 e. The molecule has 0 rings (SSSR count). The number of unbranched alkanes of at least 4 members (excludes halogenated alkanes) is 1. The Morgan fingerprint density at radius 2 is 2.18 bits per heavy atom. The van der Waals surface area contributed by atoms with Gasteiger partial charge in [0.2, 0.25) is 5.91 Å². The van der Waals surface area contributed by atoms with Crippen molar-refractivity contribution < 1.29 is 14.3 Å². The standard InChI is InChI=1S/C12H24N2O3/c1-3-6-11(13)12(15)14-7-4-5-8-17-10-9-16-2/h3,11H,1,4-10,13H2,2H3,(H,14,15). The van der Waals surface area contributed by atoms with Crippen molar-refractivity contribution in [2.45, 2.75) is 25.3 Å². The Labute approximate surface area is 103 Å². The van der Waals surface area contributed by atoms with Crippen LogP contribution in [-0.4, -0.2) is 45.4 Å². The van der Waals surface area contributed by atoms with Crippen molar-refractivity contribution in [2.75, 3.05) is 33.5 Å². The maximum Gasteiger partial charge on any atom is 0.237 e. The average molecular weight is 244 g/mol. The Kier molecular flexibility index (Phi) is 11.0. The number of nitrogens with two attached hydrogens (primary N) is 1. The second kappa shape index (κ2) is 11.6. The molecule has 1 amide bonds. The summed E-state index contributed by atoms with van der Waals surface area (Å²) in [6.07, 6.45) is 3.96. The van der Waals surface area contributed by atoms with Crippen LogP contribution in [-0.2, 0) is 14.3 Å². The van der Waals surface area contributed by atoms with Gasteiger partial charge < -0.3 is 20.5 Å². The lowest BCUT2D eigenvalue weighted by molar-refractivity contribution is -0.122. The summed E-state index contributed by atoms with van der Waals surface area (Å²) in [6, 6.07) is -0.481. The summed E-state index contributed by atoms with van der Waals surface area (Å²) >= 11 is 0. The molecule has 3 N–H and O–H groups in total. The Hall–Kier alpha value is -0.910. The second-order valence-corrected chi connectivity index (χ2v) is 3.73. The molecule has 0 aliphatic heterocycles. The van der Waals surface area contributed by atoms with Crippen molar-refractivity contribution in [2.24, 2.45) is 5.73 Å². The quantitative estimate of drug-likeness (QED) is 0.409. The zero-order valence-corrected chi connectivity index (χ0v) is 10.6. The third-order valence-corrected chi connectivity index (χ3v) is 2.20. The number of rotatable bonds is 11. The number of hydrogen-bond donors (Lipinski definition) is 2. The van der Waals surface area contributed by atoms with Crippen LogP contribution < -0.4 is 11.1 Å². The molecule has 0 radical (unpaired) electrons. The summed E-state index contributed by atoms with van der Waals surface area (Å²) in [5.74, 6) is -0.120. The van der Waals surface area contributed by atoms with Crippen LogP contribution in [0.1, 0.15) is 19.3 Å². The minimum Gasteiger partial charge on any atom is -0.382 e. The van der Waals surface area contributed by atoms with E-state index in [1.807, 2.05) is 0 Å². The number of ether oxygens (including phenoxy) is 2. The third-order valence-electron chi connectivity index (χ3n) is 2.20. The highest BCUT2D eigenvalue weighted by Gasteiger charge is 2.09. The molecular weight excluding hydrogens is 220 g/mol. The fraction of sp³-hybridized carbons (Fsp3) is 0.750. The Bertz CT molecular complexity index is 210. The van der Waals surface area contributed by atoms with Crippen LogP contribution in [0.3, 0.4) is 0 Å². The summed E-state index contributed by atoms with van der Waals surface area (Å²) in [6.45, 7) is 6.11. The molecule has 1 unspecified atom stereocenters. The number of hydrogen-bond acceptors (Lipinski definition) is 4. The van der Waals surface area contributed by atoms with Crippen LogP contribution in [0.15, 0.2) is 12.7 Å². The fourth-order valence-corrected chi connectivity index (χ4v) is 1.20. The first kappa shape index (κ1) is 16.1. The maximum atomic E-state index is 11.4. The van der Waals surface area contributed by atoms with Crippen molar-refractivity contribution in [3.63, 3.8) is 0 Å². The van der Waals surface area contributed by atoms with Crippen molar-refractivity contribution in [1.82, 2.24) is 5.32 Å². The zero-order chi connectivity index (χ0) is 12.9. The fourth-order valence-electron chi connectivity index (χ4n) is 1.20. The summed E-state index contributed by atoms with van der Waals surface area (Å²) in [4.78, 5) is 11.4. The number of methoxy groups -OCH3 is 1. The van der Waals surface area contributed by atoms with Gasteiger partial charge in [-0.25, -0.2) is 0 Å². The van der Waals surface area contributed by atoms with Crippen LogP contribution >= 0.6 is 0 Å². The number of amides is 1. The van der Waals surface area contributed by atoms with Crippen LogP contribution in [0.2, 0.25) is 0 Å². The van der Waals surface area contributed by atoms with Gasteiger partial charge in [-0.3, -0.25) is 4.79 Å². The molecule has 0 aliphatic rings. The molecule has 0 saturated heterocycles. The normalized spacial score (nSPS) is 12.1. The van der Waals surface area contributed by atoms with E-state index in [1.165, 1.54) is 0 Å². The Balaban J connectivity index is 3.27. The predicted octanol–water partition coefficient (Wildman–Crippen LogP) is 0.449. The van der Waals surface area contributed by atoms with E-state index < -0.39 is 6.04 Å². The molecule has 17 heavy (non-hydrogen) atoms. The Morgan fingerprint density at radius 1 is 1.41 bits per heavy atom. The van der Waals surface area contributed by atoms with Crippen LogP contribution in [0.4, 0.5) is 0 Å². The van der Waals surface area contributed by atoms with E-state index in [2.05, 4.69) is 11.9 Å². The zero-order valence-electron chi connectivity index (χ0n) is 10.6. The molecule has 0 aromatic heterocycles. The molecular formula is C12H24N2O3. The van der Waals surface area contributed by atoms with Gasteiger partial charge in [0.15, 0.2) is 0 Å². The van der Waals surface area contributed by atoms with E-state index in [1.54, 1.807) is 13.2 Å². The third kappa shape index (κ3) is 9.99. The lowest BCUT2D eigenvalue weighted by Crippen LogP contribution is -2.40. The lowest BCUT2D eigenvalue weighted by Gasteiger charge is -2.10. The number of carbonyl (C=O) groups excluding carboxylic acids is 1. The molecule has 0 aromatic rings. The molecule has 0 aromatic carbocycles. The first-order valence-electron chi connectivity index (χ1n) is 5.93. The molecule has 0 saturated carbocycles. The minimum absolute atomic E-state index is 0.120. The lowest BCUT2D eigenvalue weighted by atomic mass is 10.2. The van der Waals surface area contributed by atoms with Crippen molar-refractivity contribution in [3.05, 3.63) is 12.7 Å². The predicted molar refractivity (Wildman–Crippen MR) is 67.7 cm³/mol. The van der Waals surface area contributed by atoms with E-state index in [0.29, 0.717) is 32.8 Å². The summed E-state index contributed by atoms with van der Waals surface area (Å²) in [5, 5.41) is 2.78. The molecule has 0 heterocycles. The van der Waals surface area contributed by atoms with Gasteiger partial charge in [-0.15, -0.1) is 6.58 Å².